The third kappa shape index (κ3) is 2.97. The van der Waals surface area contributed by atoms with Crippen LogP contribution in [-0.4, -0.2) is 48.9 Å². The summed E-state index contributed by atoms with van der Waals surface area (Å²) in [6.07, 6.45) is -0.689. The molecule has 1 aliphatic rings. The van der Waals surface area contributed by atoms with Crippen LogP contribution in [0.15, 0.2) is 0 Å². The highest BCUT2D eigenvalue weighted by Gasteiger charge is 2.25. The van der Waals surface area contributed by atoms with Gasteiger partial charge >= 0.3 is 5.97 Å². The molecule has 0 aromatic carbocycles. The molecular formula is C8H13NO5. The fourth-order valence-corrected chi connectivity index (χ4v) is 1.01. The van der Waals surface area contributed by atoms with Crippen molar-refractivity contribution in [2.24, 2.45) is 0 Å². The number of carboxylic acid groups (broad SMARTS) is 1. The molecule has 0 aliphatic carbocycles. The lowest BCUT2D eigenvalue weighted by atomic mass is 10.3. The minimum atomic E-state index is -1.07. The summed E-state index contributed by atoms with van der Waals surface area (Å²) < 4.78 is 10.1. The molecule has 0 aromatic rings. The first-order valence-electron chi connectivity index (χ1n) is 4.34. The molecule has 14 heavy (non-hydrogen) atoms. The van der Waals surface area contributed by atoms with Gasteiger partial charge in [0.1, 0.15) is 6.04 Å². The fourth-order valence-electron chi connectivity index (χ4n) is 1.01. The van der Waals surface area contributed by atoms with Gasteiger partial charge in [0.2, 0.25) is 0 Å². The van der Waals surface area contributed by atoms with Gasteiger partial charge in [0, 0.05) is 0 Å². The summed E-state index contributed by atoms with van der Waals surface area (Å²) in [5, 5.41) is 10.8. The van der Waals surface area contributed by atoms with Gasteiger partial charge in [0.05, 0.1) is 19.8 Å². The van der Waals surface area contributed by atoms with Crippen LogP contribution in [0.5, 0.6) is 0 Å². The van der Waals surface area contributed by atoms with Crippen molar-refractivity contribution in [1.82, 2.24) is 5.32 Å². The van der Waals surface area contributed by atoms with Crippen LogP contribution in [0.3, 0.4) is 0 Å². The maximum Gasteiger partial charge on any atom is 0.325 e. The number of hydrogen-bond acceptors (Lipinski definition) is 4. The molecule has 1 amide bonds. The minimum absolute atomic E-state index is 0.179. The van der Waals surface area contributed by atoms with Crippen LogP contribution < -0.4 is 5.32 Å². The quantitative estimate of drug-likeness (QED) is 0.614. The first kappa shape index (κ1) is 10.9. The van der Waals surface area contributed by atoms with E-state index in [4.69, 9.17) is 14.6 Å². The summed E-state index contributed by atoms with van der Waals surface area (Å²) in [7, 11) is 0. The zero-order valence-electron chi connectivity index (χ0n) is 7.86. The summed E-state index contributed by atoms with van der Waals surface area (Å²) in [5.74, 6) is -1.52. The smallest absolute Gasteiger partial charge is 0.325 e. The van der Waals surface area contributed by atoms with Gasteiger partial charge in [-0.3, -0.25) is 9.59 Å². The van der Waals surface area contributed by atoms with Crippen molar-refractivity contribution in [2.45, 2.75) is 19.1 Å². The lowest BCUT2D eigenvalue weighted by Gasteiger charge is -2.22. The summed E-state index contributed by atoms with van der Waals surface area (Å²) in [6, 6.07) is -0.909. The van der Waals surface area contributed by atoms with E-state index in [9.17, 15) is 9.59 Å². The van der Waals surface area contributed by atoms with Gasteiger partial charge in [-0.2, -0.15) is 0 Å². The van der Waals surface area contributed by atoms with Gasteiger partial charge in [-0.15, -0.1) is 0 Å². The number of hydrogen-bond donors (Lipinski definition) is 2. The Balaban J connectivity index is 2.36. The Hall–Kier alpha value is -1.14. The zero-order valence-corrected chi connectivity index (χ0v) is 7.86. The van der Waals surface area contributed by atoms with Crippen molar-refractivity contribution in [3.63, 3.8) is 0 Å². The summed E-state index contributed by atoms with van der Waals surface area (Å²) in [6.45, 7) is 2.40. The maximum atomic E-state index is 11.3. The van der Waals surface area contributed by atoms with E-state index in [0.29, 0.717) is 13.2 Å². The first-order chi connectivity index (χ1) is 6.61. The first-order valence-corrected chi connectivity index (χ1v) is 4.34. The Morgan fingerprint density at radius 1 is 1.50 bits per heavy atom. The van der Waals surface area contributed by atoms with Crippen LogP contribution in [0.25, 0.3) is 0 Å². The van der Waals surface area contributed by atoms with E-state index in [2.05, 4.69) is 5.32 Å². The zero-order chi connectivity index (χ0) is 10.6. The maximum absolute atomic E-state index is 11.3. The van der Waals surface area contributed by atoms with Crippen molar-refractivity contribution in [1.29, 1.82) is 0 Å². The normalized spacial score (nSPS) is 23.9. The number of rotatable bonds is 3. The highest BCUT2D eigenvalue weighted by Crippen LogP contribution is 2.00. The average molecular weight is 203 g/mol. The second-order valence-corrected chi connectivity index (χ2v) is 3.00. The molecule has 0 bridgehead atoms. The Labute approximate surface area is 81.2 Å². The Kier molecular flexibility index (Phi) is 3.84. The van der Waals surface area contributed by atoms with E-state index in [1.807, 2.05) is 0 Å². The second-order valence-electron chi connectivity index (χ2n) is 3.00. The molecular weight excluding hydrogens is 190 g/mol. The minimum Gasteiger partial charge on any atom is -0.480 e. The standard InChI is InChI=1S/C8H13NO5/c1-5(8(11)12)9-7(10)6-4-13-2-3-14-6/h5-6H,2-4H2,1H3,(H,9,10)(H,11,12)/t5-,6?/m1/s1. The molecule has 1 aliphatic heterocycles. The van der Waals surface area contributed by atoms with Gasteiger partial charge in [-0.05, 0) is 6.92 Å². The lowest BCUT2D eigenvalue weighted by molar-refractivity contribution is -0.151. The predicted octanol–water partition coefficient (Wildman–Crippen LogP) is -1.01. The molecule has 0 spiro atoms. The molecule has 0 saturated carbocycles. The molecule has 2 atom stereocenters. The molecule has 1 fully saturated rings. The van der Waals surface area contributed by atoms with E-state index in [-0.39, 0.29) is 6.61 Å². The Morgan fingerprint density at radius 2 is 2.21 bits per heavy atom. The molecule has 80 valence electrons. The summed E-state index contributed by atoms with van der Waals surface area (Å²) >= 11 is 0. The van der Waals surface area contributed by atoms with Crippen LogP contribution in [0, 0.1) is 0 Å². The molecule has 1 saturated heterocycles. The van der Waals surface area contributed by atoms with Crippen molar-refractivity contribution in [3.05, 3.63) is 0 Å². The number of ether oxygens (including phenoxy) is 2. The molecule has 6 heteroatoms. The van der Waals surface area contributed by atoms with Crippen molar-refractivity contribution in [2.75, 3.05) is 19.8 Å². The van der Waals surface area contributed by atoms with Crippen LogP contribution in [-0.2, 0) is 19.1 Å². The molecule has 1 unspecified atom stereocenters. The van der Waals surface area contributed by atoms with E-state index in [0.717, 1.165) is 0 Å². The second kappa shape index (κ2) is 4.92. The van der Waals surface area contributed by atoms with Gasteiger partial charge in [-0.25, -0.2) is 0 Å². The van der Waals surface area contributed by atoms with Crippen molar-refractivity contribution < 1.29 is 24.2 Å². The largest absolute Gasteiger partial charge is 0.480 e. The number of carboxylic acids is 1. The van der Waals surface area contributed by atoms with E-state index in [1.54, 1.807) is 0 Å². The molecule has 0 radical (unpaired) electrons. The van der Waals surface area contributed by atoms with Crippen LogP contribution in [0.2, 0.25) is 0 Å². The van der Waals surface area contributed by atoms with E-state index in [1.165, 1.54) is 6.92 Å². The van der Waals surface area contributed by atoms with Crippen molar-refractivity contribution >= 4 is 11.9 Å². The third-order valence-electron chi connectivity index (χ3n) is 1.84. The number of amides is 1. The monoisotopic (exact) mass is 203 g/mol. The van der Waals surface area contributed by atoms with Crippen LogP contribution in [0.4, 0.5) is 0 Å². The van der Waals surface area contributed by atoms with Crippen LogP contribution >= 0.6 is 0 Å². The molecule has 1 heterocycles. The number of aliphatic carboxylic acids is 1. The highest BCUT2D eigenvalue weighted by molar-refractivity contribution is 5.86. The molecule has 2 N–H and O–H groups in total. The fraction of sp³-hybridized carbons (Fsp3) is 0.750. The van der Waals surface area contributed by atoms with Crippen LogP contribution in [0.1, 0.15) is 6.92 Å². The molecule has 0 aromatic heterocycles. The predicted molar refractivity (Wildman–Crippen MR) is 45.8 cm³/mol. The summed E-state index contributed by atoms with van der Waals surface area (Å²) in [5.41, 5.74) is 0. The highest BCUT2D eigenvalue weighted by atomic mass is 16.6. The van der Waals surface area contributed by atoms with Gasteiger partial charge in [0.25, 0.3) is 5.91 Å². The van der Waals surface area contributed by atoms with Gasteiger partial charge < -0.3 is 19.9 Å². The number of carbonyl (C=O) groups is 2. The van der Waals surface area contributed by atoms with Gasteiger partial charge in [0.15, 0.2) is 6.10 Å². The SMILES string of the molecule is C[C@@H](NC(=O)C1COCCO1)C(=O)O. The average Bonchev–Trinajstić information content (AvgIpc) is 2.19. The topological polar surface area (TPSA) is 84.9 Å². The number of carbonyl (C=O) groups excluding carboxylic acids is 1. The molecule has 1 rings (SSSR count). The summed E-state index contributed by atoms with van der Waals surface area (Å²) in [4.78, 5) is 21.8. The Bertz CT molecular complexity index is 224. The van der Waals surface area contributed by atoms with Crippen molar-refractivity contribution in [3.8, 4) is 0 Å². The van der Waals surface area contributed by atoms with E-state index < -0.39 is 24.0 Å². The Morgan fingerprint density at radius 3 is 2.71 bits per heavy atom. The third-order valence-corrected chi connectivity index (χ3v) is 1.84. The van der Waals surface area contributed by atoms with E-state index >= 15 is 0 Å². The van der Waals surface area contributed by atoms with Gasteiger partial charge in [-0.1, -0.05) is 0 Å². The molecule has 6 nitrogen and oxygen atoms in total. The number of nitrogens with one attached hydrogen (secondary N) is 1. The lowest BCUT2D eigenvalue weighted by Crippen LogP contribution is -2.48.